The second kappa shape index (κ2) is 25.6. The Hall–Kier alpha value is -1.67. The van der Waals surface area contributed by atoms with Crippen LogP contribution in [0.1, 0.15) is 57.9 Å². The van der Waals surface area contributed by atoms with Gasteiger partial charge in [0.15, 0.2) is 0 Å². The lowest BCUT2D eigenvalue weighted by Crippen LogP contribution is -2.29. The number of aliphatic hydroxyl groups excluding tert-OH is 1. The van der Waals surface area contributed by atoms with Crippen molar-refractivity contribution >= 4 is 6.47 Å². The highest BCUT2D eigenvalue weighted by atomic mass is 16.5. The summed E-state index contributed by atoms with van der Waals surface area (Å²) in [4.78, 5) is 11.0. The first-order valence-corrected chi connectivity index (χ1v) is 11.9. The van der Waals surface area contributed by atoms with E-state index in [1.807, 2.05) is 31.3 Å². The van der Waals surface area contributed by atoms with Crippen LogP contribution >= 0.6 is 0 Å². The number of unbranched alkanes of at least 4 members (excludes halogenated alkanes) is 2. The van der Waals surface area contributed by atoms with E-state index in [1.165, 1.54) is 57.3 Å². The number of rotatable bonds is 11. The van der Waals surface area contributed by atoms with Gasteiger partial charge >= 0.3 is 0 Å². The van der Waals surface area contributed by atoms with Gasteiger partial charge in [0.25, 0.3) is 6.47 Å². The van der Waals surface area contributed by atoms with Crippen molar-refractivity contribution in [2.75, 3.05) is 53.4 Å². The van der Waals surface area contributed by atoms with E-state index in [-0.39, 0.29) is 12.6 Å². The third-order valence-electron chi connectivity index (χ3n) is 4.85. The fourth-order valence-electron chi connectivity index (χ4n) is 2.89. The maximum absolute atomic E-state index is 8.67. The second-order valence-electron chi connectivity index (χ2n) is 7.78. The first-order chi connectivity index (χ1) is 15.5. The van der Waals surface area contributed by atoms with Gasteiger partial charge in [-0.1, -0.05) is 44.4 Å². The Balaban J connectivity index is 0. The molecule has 1 saturated heterocycles. The molecule has 1 aliphatic rings. The number of nitrogens with zero attached hydrogens (tertiary/aromatic N) is 1. The smallest absolute Gasteiger partial charge is 0.290 e. The first kappa shape index (κ1) is 32.5. The van der Waals surface area contributed by atoms with Gasteiger partial charge in [-0.2, -0.15) is 0 Å². The number of methoxy groups -OCH3 is 1. The van der Waals surface area contributed by atoms with Crippen LogP contribution in [-0.2, 0) is 4.79 Å². The number of hydrogen-bond acceptors (Lipinski definition) is 6. The summed E-state index contributed by atoms with van der Waals surface area (Å²) in [5.41, 5.74) is 1.26. The fraction of sp³-hybridized carbons (Fsp3) is 0.720. The number of aliphatic hydroxyl groups is 1. The number of carbonyl (C=O) groups is 1. The number of carboxylic acid groups (broad SMARTS) is 1. The average Bonchev–Trinajstić information content (AvgIpc) is 3.28. The summed E-state index contributed by atoms with van der Waals surface area (Å²) in [6.45, 7) is 13.1. The molecule has 0 spiro atoms. The summed E-state index contributed by atoms with van der Waals surface area (Å²) in [7, 11) is 3.70. The van der Waals surface area contributed by atoms with Crippen LogP contribution in [0.25, 0.3) is 0 Å². The third-order valence-corrected chi connectivity index (χ3v) is 4.85. The van der Waals surface area contributed by atoms with Crippen LogP contribution in [-0.4, -0.2) is 81.1 Å². The van der Waals surface area contributed by atoms with Crippen LogP contribution in [0.5, 0.6) is 5.75 Å². The minimum Gasteiger partial charge on any atom is -0.497 e. The Labute approximate surface area is 196 Å². The predicted octanol–water partition coefficient (Wildman–Crippen LogP) is 3.54. The van der Waals surface area contributed by atoms with Crippen LogP contribution in [0.4, 0.5) is 0 Å². The monoisotopic (exact) mass is 455 g/mol. The lowest BCUT2D eigenvalue weighted by Gasteiger charge is -2.21. The van der Waals surface area contributed by atoms with Crippen molar-refractivity contribution in [1.82, 2.24) is 15.5 Å². The molecule has 1 atom stereocenters. The molecule has 0 aromatic heterocycles. The number of ether oxygens (including phenoxy) is 1. The molecule has 1 aromatic carbocycles. The number of β-amino-alcohol motifs (C(OH)–C–C–N with tert-alkyl or cyclic N) is 1. The Bertz CT molecular complexity index is 486. The molecule has 0 aliphatic carbocycles. The van der Waals surface area contributed by atoms with Crippen molar-refractivity contribution < 1.29 is 19.7 Å². The van der Waals surface area contributed by atoms with Crippen LogP contribution in [0.15, 0.2) is 24.3 Å². The van der Waals surface area contributed by atoms with Crippen LogP contribution < -0.4 is 15.4 Å². The standard InChI is InChI=1S/C12H28N2.C8H10O.C4H9NO.CH2O2/c1-4-6-10-14(11-7-5-2)12-8-9-13-3;1-7-3-5-8(9-2)6-4-7;6-4-1-2-5-3-4;2-1-3/h13H,4-12H2,1-3H3;3-6H,1-2H3;4-6H,1-3H2;1H,(H,2,3). The quantitative estimate of drug-likeness (QED) is 0.299. The maximum Gasteiger partial charge on any atom is 0.290 e. The highest BCUT2D eigenvalue weighted by Crippen LogP contribution is 2.09. The van der Waals surface area contributed by atoms with Gasteiger partial charge in [-0.25, -0.2) is 0 Å². The second-order valence-corrected chi connectivity index (χ2v) is 7.78. The van der Waals surface area contributed by atoms with Crippen molar-refractivity contribution in [2.45, 2.75) is 65.4 Å². The topological polar surface area (TPSA) is 94.1 Å². The van der Waals surface area contributed by atoms with Crippen molar-refractivity contribution in [3.63, 3.8) is 0 Å². The summed E-state index contributed by atoms with van der Waals surface area (Å²) >= 11 is 0. The largest absolute Gasteiger partial charge is 0.497 e. The van der Waals surface area contributed by atoms with E-state index in [9.17, 15) is 0 Å². The molecule has 7 nitrogen and oxygen atoms in total. The molecule has 1 heterocycles. The van der Waals surface area contributed by atoms with Crippen molar-refractivity contribution in [1.29, 1.82) is 0 Å². The Kier molecular flexibility index (Phi) is 26.0. The van der Waals surface area contributed by atoms with E-state index in [0.29, 0.717) is 0 Å². The summed E-state index contributed by atoms with van der Waals surface area (Å²) in [6, 6.07) is 7.96. The van der Waals surface area contributed by atoms with E-state index in [4.69, 9.17) is 19.7 Å². The van der Waals surface area contributed by atoms with Crippen molar-refractivity contribution in [2.24, 2.45) is 0 Å². The van der Waals surface area contributed by atoms with Crippen LogP contribution in [0.3, 0.4) is 0 Å². The van der Waals surface area contributed by atoms with Gasteiger partial charge < -0.3 is 30.5 Å². The molecule has 0 bridgehead atoms. The summed E-state index contributed by atoms with van der Waals surface area (Å²) in [6.07, 6.45) is 7.48. The number of benzene rings is 1. The Morgan fingerprint density at radius 2 is 1.66 bits per heavy atom. The average molecular weight is 456 g/mol. The Morgan fingerprint density at radius 1 is 1.12 bits per heavy atom. The molecule has 0 saturated carbocycles. The van der Waals surface area contributed by atoms with Gasteiger partial charge in [0.05, 0.1) is 13.2 Å². The maximum atomic E-state index is 8.67. The number of aryl methyl sites for hydroxylation is 1. The van der Waals surface area contributed by atoms with E-state index in [1.54, 1.807) is 7.11 Å². The summed E-state index contributed by atoms with van der Waals surface area (Å²) in [5.74, 6) is 0.917. The fourth-order valence-corrected chi connectivity index (χ4v) is 2.89. The van der Waals surface area contributed by atoms with Gasteiger partial charge in [0.1, 0.15) is 5.75 Å². The van der Waals surface area contributed by atoms with Gasteiger partial charge in [-0.3, -0.25) is 4.79 Å². The molecule has 4 N–H and O–H groups in total. The zero-order valence-corrected chi connectivity index (χ0v) is 21.1. The van der Waals surface area contributed by atoms with Crippen LogP contribution in [0.2, 0.25) is 0 Å². The lowest BCUT2D eigenvalue weighted by molar-refractivity contribution is -0.122. The predicted molar refractivity (Wildman–Crippen MR) is 135 cm³/mol. The highest BCUT2D eigenvalue weighted by Gasteiger charge is 2.08. The first-order valence-electron chi connectivity index (χ1n) is 11.9. The molecule has 2 rings (SSSR count). The van der Waals surface area contributed by atoms with E-state index in [0.717, 1.165) is 31.8 Å². The van der Waals surface area contributed by atoms with E-state index < -0.39 is 0 Å². The number of hydrogen-bond donors (Lipinski definition) is 4. The molecular weight excluding hydrogens is 406 g/mol. The molecule has 0 radical (unpaired) electrons. The SMILES string of the molecule is CCCCN(CCCC)CCCNC.COc1ccc(C)cc1.O=CO.OC1CCNC1. The molecule has 1 aromatic rings. The molecule has 0 amide bonds. The van der Waals surface area contributed by atoms with Gasteiger partial charge in [0, 0.05) is 6.54 Å². The van der Waals surface area contributed by atoms with Crippen LogP contribution in [0, 0.1) is 6.92 Å². The summed E-state index contributed by atoms with van der Waals surface area (Å²) < 4.78 is 4.97. The van der Waals surface area contributed by atoms with Crippen molar-refractivity contribution in [3.05, 3.63) is 29.8 Å². The third kappa shape index (κ3) is 23.0. The molecule has 7 heteroatoms. The lowest BCUT2D eigenvalue weighted by atomic mass is 10.2. The van der Waals surface area contributed by atoms with Gasteiger partial charge in [-0.15, -0.1) is 0 Å². The Morgan fingerprint density at radius 3 is 2.00 bits per heavy atom. The molecule has 188 valence electrons. The zero-order chi connectivity index (χ0) is 24.5. The molecule has 1 unspecified atom stereocenters. The highest BCUT2D eigenvalue weighted by molar-refractivity contribution is 5.32. The summed E-state index contributed by atoms with van der Waals surface area (Å²) in [5, 5.41) is 21.8. The van der Waals surface area contributed by atoms with Gasteiger partial charge in [-0.05, 0) is 84.5 Å². The zero-order valence-electron chi connectivity index (χ0n) is 21.1. The molecular formula is C25H49N3O4. The van der Waals surface area contributed by atoms with E-state index >= 15 is 0 Å². The minimum absolute atomic E-state index is 0.0648. The molecule has 1 aliphatic heterocycles. The number of nitrogens with one attached hydrogen (secondary N) is 2. The molecule has 1 fully saturated rings. The van der Waals surface area contributed by atoms with Crippen molar-refractivity contribution in [3.8, 4) is 5.75 Å². The van der Waals surface area contributed by atoms with E-state index in [2.05, 4.69) is 36.3 Å². The molecule has 32 heavy (non-hydrogen) atoms. The normalized spacial score (nSPS) is 14.3. The minimum atomic E-state index is -0.250. The van der Waals surface area contributed by atoms with Gasteiger partial charge in [0.2, 0.25) is 0 Å².